The zero-order valence-electron chi connectivity index (χ0n) is 11.4. The summed E-state index contributed by atoms with van der Waals surface area (Å²) in [5.41, 5.74) is 2.34. The Kier molecular flexibility index (Phi) is 4.80. The number of aliphatic hydroxyl groups excluding tert-OH is 1. The Hall–Kier alpha value is -1.55. The highest BCUT2D eigenvalue weighted by molar-refractivity contribution is 5.80. The normalized spacial score (nSPS) is 19.2. The molecule has 1 aromatic rings. The molecule has 2 atom stereocenters. The van der Waals surface area contributed by atoms with E-state index >= 15 is 0 Å². The van der Waals surface area contributed by atoms with Crippen LogP contribution in [0, 0.1) is 11.8 Å². The minimum Gasteiger partial charge on any atom is -0.396 e. The molecule has 1 aliphatic heterocycles. The molecule has 0 saturated carbocycles. The number of hydrogen-bond acceptors (Lipinski definition) is 3. The molecule has 19 heavy (non-hydrogen) atoms. The van der Waals surface area contributed by atoms with Gasteiger partial charge in [-0.1, -0.05) is 25.1 Å². The monoisotopic (exact) mass is 262 g/mol. The molecule has 0 bridgehead atoms. The van der Waals surface area contributed by atoms with Gasteiger partial charge >= 0.3 is 0 Å². The summed E-state index contributed by atoms with van der Waals surface area (Å²) in [6.07, 6.45) is 1.52. The van der Waals surface area contributed by atoms with Crippen LogP contribution in [0.15, 0.2) is 24.3 Å². The first-order chi connectivity index (χ1) is 9.20. The Balaban J connectivity index is 1.85. The molecule has 0 radical (unpaired) electrons. The first-order valence-electron chi connectivity index (χ1n) is 6.91. The Morgan fingerprint density at radius 2 is 2.32 bits per heavy atom. The van der Waals surface area contributed by atoms with Gasteiger partial charge in [-0.3, -0.25) is 4.79 Å². The van der Waals surface area contributed by atoms with Crippen LogP contribution < -0.4 is 10.6 Å². The quantitative estimate of drug-likeness (QED) is 0.752. The number of rotatable bonds is 5. The number of fused-ring (bicyclic) bond motifs is 1. The first-order valence-corrected chi connectivity index (χ1v) is 6.91. The average molecular weight is 262 g/mol. The third kappa shape index (κ3) is 3.70. The Labute approximate surface area is 114 Å². The zero-order chi connectivity index (χ0) is 13.7. The second-order valence-corrected chi connectivity index (χ2v) is 5.30. The molecular weight excluding hydrogens is 240 g/mol. The van der Waals surface area contributed by atoms with E-state index in [2.05, 4.69) is 16.7 Å². The first kappa shape index (κ1) is 13.9. The molecule has 0 aliphatic carbocycles. The number of hydrogen-bond donors (Lipinski definition) is 3. The zero-order valence-corrected chi connectivity index (χ0v) is 11.4. The summed E-state index contributed by atoms with van der Waals surface area (Å²) >= 11 is 0. The van der Waals surface area contributed by atoms with Crippen LogP contribution in [0.5, 0.6) is 0 Å². The van der Waals surface area contributed by atoms with Gasteiger partial charge in [0.15, 0.2) is 0 Å². The molecule has 0 fully saturated rings. The van der Waals surface area contributed by atoms with E-state index in [4.69, 9.17) is 5.11 Å². The second-order valence-electron chi connectivity index (χ2n) is 5.30. The van der Waals surface area contributed by atoms with Crippen LogP contribution in [0.4, 0.5) is 5.69 Å². The van der Waals surface area contributed by atoms with Crippen molar-refractivity contribution in [3.05, 3.63) is 29.8 Å². The van der Waals surface area contributed by atoms with Crippen molar-refractivity contribution < 1.29 is 9.90 Å². The third-order valence-corrected chi connectivity index (χ3v) is 3.64. The van der Waals surface area contributed by atoms with Gasteiger partial charge in [-0.15, -0.1) is 0 Å². The number of benzene rings is 1. The highest BCUT2D eigenvalue weighted by Crippen LogP contribution is 2.24. The van der Waals surface area contributed by atoms with Crippen molar-refractivity contribution in [1.29, 1.82) is 0 Å². The second kappa shape index (κ2) is 6.57. The van der Waals surface area contributed by atoms with Crippen LogP contribution in [0.25, 0.3) is 0 Å². The molecule has 4 heteroatoms. The van der Waals surface area contributed by atoms with E-state index in [1.54, 1.807) is 0 Å². The summed E-state index contributed by atoms with van der Waals surface area (Å²) in [5, 5.41) is 15.1. The molecule has 0 saturated heterocycles. The Bertz CT molecular complexity index is 434. The van der Waals surface area contributed by atoms with Crippen molar-refractivity contribution in [2.45, 2.75) is 19.8 Å². The van der Waals surface area contributed by atoms with Gasteiger partial charge in [0.25, 0.3) is 0 Å². The molecule has 1 heterocycles. The van der Waals surface area contributed by atoms with Crippen LogP contribution in [0.1, 0.15) is 18.9 Å². The average Bonchev–Trinajstić information content (AvgIpc) is 2.44. The van der Waals surface area contributed by atoms with Gasteiger partial charge in [-0.05, 0) is 30.4 Å². The van der Waals surface area contributed by atoms with Crippen LogP contribution in [0.2, 0.25) is 0 Å². The fourth-order valence-electron chi connectivity index (χ4n) is 2.37. The lowest BCUT2D eigenvalue weighted by atomic mass is 9.93. The number of amides is 1. The van der Waals surface area contributed by atoms with Crippen LogP contribution in [-0.2, 0) is 11.2 Å². The maximum absolute atomic E-state index is 12.1. The molecule has 4 nitrogen and oxygen atoms in total. The van der Waals surface area contributed by atoms with Gasteiger partial charge in [0.05, 0.1) is 5.92 Å². The minimum absolute atomic E-state index is 0.00349. The van der Waals surface area contributed by atoms with Crippen molar-refractivity contribution in [3.8, 4) is 0 Å². The van der Waals surface area contributed by atoms with Crippen molar-refractivity contribution in [3.63, 3.8) is 0 Å². The van der Waals surface area contributed by atoms with E-state index in [0.29, 0.717) is 19.0 Å². The van der Waals surface area contributed by atoms with Crippen LogP contribution >= 0.6 is 0 Å². The van der Waals surface area contributed by atoms with Crippen LogP contribution in [-0.4, -0.2) is 30.7 Å². The third-order valence-electron chi connectivity index (χ3n) is 3.64. The molecule has 104 valence electrons. The van der Waals surface area contributed by atoms with E-state index in [9.17, 15) is 4.79 Å². The van der Waals surface area contributed by atoms with E-state index in [1.165, 1.54) is 5.56 Å². The van der Waals surface area contributed by atoms with Gasteiger partial charge < -0.3 is 15.7 Å². The SMILES string of the molecule is CC(CCO)CNC(=O)C1CNc2ccccc2C1. The van der Waals surface area contributed by atoms with Crippen molar-refractivity contribution in [2.75, 3.05) is 25.0 Å². The maximum Gasteiger partial charge on any atom is 0.225 e. The van der Waals surface area contributed by atoms with Gasteiger partial charge in [0, 0.05) is 25.4 Å². The van der Waals surface area contributed by atoms with Crippen LogP contribution in [0.3, 0.4) is 0 Å². The maximum atomic E-state index is 12.1. The Morgan fingerprint density at radius 3 is 3.11 bits per heavy atom. The van der Waals surface area contributed by atoms with Crippen molar-refractivity contribution in [2.24, 2.45) is 11.8 Å². The molecule has 0 spiro atoms. The highest BCUT2D eigenvalue weighted by Gasteiger charge is 2.24. The van der Waals surface area contributed by atoms with E-state index in [-0.39, 0.29) is 18.4 Å². The van der Waals surface area contributed by atoms with Gasteiger partial charge in [-0.2, -0.15) is 0 Å². The molecule has 3 N–H and O–H groups in total. The largest absolute Gasteiger partial charge is 0.396 e. The van der Waals surface area contributed by atoms with E-state index < -0.39 is 0 Å². The Morgan fingerprint density at radius 1 is 1.53 bits per heavy atom. The van der Waals surface area contributed by atoms with Gasteiger partial charge in [-0.25, -0.2) is 0 Å². The summed E-state index contributed by atoms with van der Waals surface area (Å²) in [7, 11) is 0. The molecule has 1 aliphatic rings. The predicted molar refractivity (Wildman–Crippen MR) is 76.0 cm³/mol. The smallest absolute Gasteiger partial charge is 0.225 e. The fourth-order valence-corrected chi connectivity index (χ4v) is 2.37. The summed E-state index contributed by atoms with van der Waals surface area (Å²) in [5.74, 6) is 0.417. The number of para-hydroxylation sites is 1. The van der Waals surface area contributed by atoms with E-state index in [1.807, 2.05) is 25.1 Å². The number of anilines is 1. The molecule has 1 aromatic carbocycles. The number of nitrogens with one attached hydrogen (secondary N) is 2. The highest BCUT2D eigenvalue weighted by atomic mass is 16.3. The number of aliphatic hydroxyl groups is 1. The lowest BCUT2D eigenvalue weighted by molar-refractivity contribution is -0.124. The van der Waals surface area contributed by atoms with Gasteiger partial charge in [0.1, 0.15) is 0 Å². The molecule has 1 amide bonds. The summed E-state index contributed by atoms with van der Waals surface area (Å²) in [6.45, 7) is 3.54. The molecule has 0 aromatic heterocycles. The number of carbonyl (C=O) groups excluding carboxylic acids is 1. The minimum atomic E-state index is -0.00349. The molecular formula is C15H22N2O2. The van der Waals surface area contributed by atoms with Crippen molar-refractivity contribution in [1.82, 2.24) is 5.32 Å². The lowest BCUT2D eigenvalue weighted by Crippen LogP contribution is -2.39. The van der Waals surface area contributed by atoms with Gasteiger partial charge in [0.2, 0.25) is 5.91 Å². The summed E-state index contributed by atoms with van der Waals surface area (Å²) < 4.78 is 0. The predicted octanol–water partition coefficient (Wildman–Crippen LogP) is 1.41. The topological polar surface area (TPSA) is 61.4 Å². The fraction of sp³-hybridized carbons (Fsp3) is 0.533. The molecule has 2 unspecified atom stereocenters. The summed E-state index contributed by atoms with van der Waals surface area (Å²) in [4.78, 5) is 12.1. The lowest BCUT2D eigenvalue weighted by Gasteiger charge is -2.25. The standard InChI is InChI=1S/C15H22N2O2/c1-11(6-7-18)9-17-15(19)13-8-12-4-2-3-5-14(12)16-10-13/h2-5,11,13,16,18H,6-10H2,1H3,(H,17,19). The molecule has 2 rings (SSSR count). The number of carbonyl (C=O) groups is 1. The summed E-state index contributed by atoms with van der Waals surface area (Å²) in [6, 6.07) is 8.12. The van der Waals surface area contributed by atoms with E-state index in [0.717, 1.165) is 18.5 Å². The van der Waals surface area contributed by atoms with Crippen molar-refractivity contribution >= 4 is 11.6 Å².